The van der Waals surface area contributed by atoms with Crippen molar-refractivity contribution in [3.05, 3.63) is 78.1 Å². The van der Waals surface area contributed by atoms with Crippen LogP contribution in [0.15, 0.2) is 67.0 Å². The van der Waals surface area contributed by atoms with Gasteiger partial charge in [-0.05, 0) is 49.8 Å². The van der Waals surface area contributed by atoms with Gasteiger partial charge in [-0.25, -0.2) is 14.8 Å². The van der Waals surface area contributed by atoms with E-state index in [0.717, 1.165) is 46.4 Å². The monoisotopic (exact) mass is 500 g/mol. The van der Waals surface area contributed by atoms with E-state index >= 15 is 0 Å². The van der Waals surface area contributed by atoms with Crippen molar-refractivity contribution in [2.75, 3.05) is 50.8 Å². The maximum atomic E-state index is 12.6. The smallest absolute Gasteiger partial charge is 0.323 e. The molecule has 1 heterocycles. The summed E-state index contributed by atoms with van der Waals surface area (Å²) in [6.45, 7) is 1.40. The zero-order valence-corrected chi connectivity index (χ0v) is 21.5. The molecule has 37 heavy (non-hydrogen) atoms. The molecule has 4 rings (SSSR count). The molecule has 3 aromatic carbocycles. The number of carbonyl (C=O) groups is 1. The van der Waals surface area contributed by atoms with E-state index in [0.29, 0.717) is 23.9 Å². The van der Waals surface area contributed by atoms with Crippen molar-refractivity contribution in [1.82, 2.24) is 14.9 Å². The second kappa shape index (κ2) is 12.0. The predicted octanol–water partition coefficient (Wildman–Crippen LogP) is 5.01. The minimum Gasteiger partial charge on any atom is -0.497 e. The van der Waals surface area contributed by atoms with Crippen molar-refractivity contribution in [1.29, 1.82) is 0 Å². The molecule has 0 radical (unpaired) electrons. The highest BCUT2D eigenvalue weighted by Gasteiger charge is 2.12. The quantitative estimate of drug-likeness (QED) is 0.281. The SMILES string of the molecule is COc1cc(OC)c2c(NCCc3ccc(NC(=O)Nc4ccccc4CN(C)C)cc3)ncnc2c1. The Balaban J connectivity index is 1.34. The fraction of sp³-hybridized carbons (Fsp3) is 0.250. The Hall–Kier alpha value is -4.37. The number of urea groups is 1. The predicted molar refractivity (Wildman–Crippen MR) is 148 cm³/mol. The first-order chi connectivity index (χ1) is 18.0. The molecule has 192 valence electrons. The van der Waals surface area contributed by atoms with E-state index < -0.39 is 0 Å². The van der Waals surface area contributed by atoms with Crippen molar-refractivity contribution >= 4 is 34.1 Å². The number of anilines is 3. The highest BCUT2D eigenvalue weighted by Crippen LogP contribution is 2.33. The molecule has 0 saturated heterocycles. The molecule has 0 spiro atoms. The van der Waals surface area contributed by atoms with E-state index in [9.17, 15) is 4.79 Å². The number of benzene rings is 3. The summed E-state index contributed by atoms with van der Waals surface area (Å²) in [4.78, 5) is 23.4. The first kappa shape index (κ1) is 25.7. The summed E-state index contributed by atoms with van der Waals surface area (Å²) in [7, 11) is 7.22. The van der Waals surface area contributed by atoms with E-state index in [4.69, 9.17) is 9.47 Å². The van der Waals surface area contributed by atoms with Crippen LogP contribution in [0.2, 0.25) is 0 Å². The Kier molecular flexibility index (Phi) is 8.37. The number of hydrogen-bond acceptors (Lipinski definition) is 7. The summed E-state index contributed by atoms with van der Waals surface area (Å²) in [5, 5.41) is 10.0. The molecule has 2 amide bonds. The van der Waals surface area contributed by atoms with Crippen LogP contribution in [0, 0.1) is 0 Å². The highest BCUT2D eigenvalue weighted by molar-refractivity contribution is 6.00. The zero-order chi connectivity index (χ0) is 26.2. The van der Waals surface area contributed by atoms with Crippen molar-refractivity contribution in [2.24, 2.45) is 0 Å². The number of rotatable bonds is 10. The molecular formula is C28H32N6O3. The van der Waals surface area contributed by atoms with Crippen molar-refractivity contribution in [2.45, 2.75) is 13.0 Å². The van der Waals surface area contributed by atoms with Crippen LogP contribution in [0.1, 0.15) is 11.1 Å². The molecule has 0 aliphatic carbocycles. The molecule has 1 aromatic heterocycles. The Morgan fingerprint density at radius 1 is 0.946 bits per heavy atom. The van der Waals surface area contributed by atoms with Gasteiger partial charge in [0.25, 0.3) is 0 Å². The second-order valence-corrected chi connectivity index (χ2v) is 8.79. The Labute approximate surface area is 216 Å². The minimum absolute atomic E-state index is 0.276. The lowest BCUT2D eigenvalue weighted by atomic mass is 10.1. The maximum Gasteiger partial charge on any atom is 0.323 e. The summed E-state index contributed by atoms with van der Waals surface area (Å²) in [6, 6.07) is 19.0. The molecule has 0 bridgehead atoms. The number of aromatic nitrogens is 2. The van der Waals surface area contributed by atoms with E-state index in [2.05, 4.69) is 30.8 Å². The van der Waals surface area contributed by atoms with Crippen molar-refractivity contribution in [3.8, 4) is 11.5 Å². The van der Waals surface area contributed by atoms with Gasteiger partial charge < -0.3 is 30.3 Å². The lowest BCUT2D eigenvalue weighted by molar-refractivity contribution is 0.262. The number of ether oxygens (including phenoxy) is 2. The van der Waals surface area contributed by atoms with Crippen LogP contribution < -0.4 is 25.4 Å². The summed E-state index contributed by atoms with van der Waals surface area (Å²) in [5.74, 6) is 2.03. The van der Waals surface area contributed by atoms with Crippen LogP contribution in [0.4, 0.5) is 22.0 Å². The minimum atomic E-state index is -0.276. The molecular weight excluding hydrogens is 468 g/mol. The second-order valence-electron chi connectivity index (χ2n) is 8.79. The van der Waals surface area contributed by atoms with E-state index in [1.165, 1.54) is 6.33 Å². The number of amides is 2. The first-order valence-electron chi connectivity index (χ1n) is 12.0. The lowest BCUT2D eigenvalue weighted by Gasteiger charge is -2.15. The average Bonchev–Trinajstić information content (AvgIpc) is 2.89. The van der Waals surface area contributed by atoms with Crippen LogP contribution in [-0.4, -0.2) is 55.8 Å². The number of nitrogens with zero attached hydrogens (tertiary/aromatic N) is 3. The number of nitrogens with one attached hydrogen (secondary N) is 3. The van der Waals surface area contributed by atoms with E-state index in [1.54, 1.807) is 14.2 Å². The van der Waals surface area contributed by atoms with Crippen LogP contribution >= 0.6 is 0 Å². The van der Waals surface area contributed by atoms with Crippen molar-refractivity contribution < 1.29 is 14.3 Å². The number of hydrogen-bond donors (Lipinski definition) is 3. The highest BCUT2D eigenvalue weighted by atomic mass is 16.5. The molecule has 0 saturated carbocycles. The summed E-state index contributed by atoms with van der Waals surface area (Å²) in [6.07, 6.45) is 2.29. The Bertz CT molecular complexity index is 1360. The van der Waals surface area contributed by atoms with Gasteiger partial charge in [0, 0.05) is 36.6 Å². The van der Waals surface area contributed by atoms with Gasteiger partial charge in [-0.1, -0.05) is 30.3 Å². The molecule has 4 aromatic rings. The zero-order valence-electron chi connectivity index (χ0n) is 21.5. The van der Waals surface area contributed by atoms with Gasteiger partial charge in [-0.15, -0.1) is 0 Å². The third kappa shape index (κ3) is 6.65. The van der Waals surface area contributed by atoms with Gasteiger partial charge in [0.05, 0.1) is 25.1 Å². The van der Waals surface area contributed by atoms with Gasteiger partial charge in [0.15, 0.2) is 0 Å². The molecule has 9 nitrogen and oxygen atoms in total. The lowest BCUT2D eigenvalue weighted by Crippen LogP contribution is -2.21. The summed E-state index contributed by atoms with van der Waals surface area (Å²) in [5.41, 5.74) is 4.44. The number of carbonyl (C=O) groups excluding carboxylic acids is 1. The molecule has 0 unspecified atom stereocenters. The van der Waals surface area contributed by atoms with Crippen LogP contribution in [-0.2, 0) is 13.0 Å². The van der Waals surface area contributed by atoms with Gasteiger partial charge >= 0.3 is 6.03 Å². The Morgan fingerprint density at radius 2 is 1.73 bits per heavy atom. The Morgan fingerprint density at radius 3 is 2.46 bits per heavy atom. The number of fused-ring (bicyclic) bond motifs is 1. The van der Waals surface area contributed by atoms with Crippen LogP contribution in [0.25, 0.3) is 10.9 Å². The summed E-state index contributed by atoms with van der Waals surface area (Å²) < 4.78 is 10.9. The molecule has 0 aliphatic rings. The normalized spacial score (nSPS) is 10.8. The third-order valence-electron chi connectivity index (χ3n) is 5.80. The van der Waals surface area contributed by atoms with E-state index in [1.807, 2.05) is 74.8 Å². The van der Waals surface area contributed by atoms with Gasteiger partial charge in [-0.2, -0.15) is 0 Å². The largest absolute Gasteiger partial charge is 0.497 e. The molecule has 0 atom stereocenters. The van der Waals surface area contributed by atoms with Crippen molar-refractivity contribution in [3.63, 3.8) is 0 Å². The maximum absolute atomic E-state index is 12.6. The molecule has 9 heteroatoms. The van der Waals surface area contributed by atoms with Crippen LogP contribution in [0.3, 0.4) is 0 Å². The van der Waals surface area contributed by atoms with Crippen LogP contribution in [0.5, 0.6) is 11.5 Å². The van der Waals surface area contributed by atoms with Gasteiger partial charge in [0.2, 0.25) is 0 Å². The molecule has 0 fully saturated rings. The fourth-order valence-electron chi connectivity index (χ4n) is 4.03. The number of para-hydroxylation sites is 1. The molecule has 3 N–H and O–H groups in total. The fourth-order valence-corrected chi connectivity index (χ4v) is 4.03. The first-order valence-corrected chi connectivity index (χ1v) is 12.0. The standard InChI is InChI=1S/C28H32N6O3/c1-34(2)17-20-7-5-6-8-23(20)33-28(35)32-21-11-9-19(10-12-21)13-14-29-27-26-24(30-18-31-27)15-22(36-3)16-25(26)37-4/h5-12,15-16,18H,13-14,17H2,1-4H3,(H,29,30,31)(H2,32,33,35). The van der Waals surface area contributed by atoms with Gasteiger partial charge in [-0.3, -0.25) is 0 Å². The average molecular weight is 501 g/mol. The third-order valence-corrected chi connectivity index (χ3v) is 5.80. The number of methoxy groups -OCH3 is 2. The van der Waals surface area contributed by atoms with E-state index in [-0.39, 0.29) is 6.03 Å². The molecule has 0 aliphatic heterocycles. The van der Waals surface area contributed by atoms with Gasteiger partial charge in [0.1, 0.15) is 23.6 Å². The summed E-state index contributed by atoms with van der Waals surface area (Å²) >= 11 is 0. The topological polar surface area (TPSA) is 101 Å².